The third-order valence-corrected chi connectivity index (χ3v) is 1.47. The fourth-order valence-corrected chi connectivity index (χ4v) is 0.950. The first-order chi connectivity index (χ1) is 5.74. The maximum absolute atomic E-state index is 10.2. The Balaban J connectivity index is 2.78. The van der Waals surface area contributed by atoms with E-state index in [1.807, 2.05) is 0 Å². The van der Waals surface area contributed by atoms with Crippen LogP contribution in [0.2, 0.25) is 0 Å². The number of benzene rings is 1. The molecule has 0 atom stereocenters. The predicted octanol–water partition coefficient (Wildman–Crippen LogP) is 1.82. The molecule has 0 aliphatic rings. The van der Waals surface area contributed by atoms with E-state index in [1.54, 1.807) is 12.1 Å². The van der Waals surface area contributed by atoms with Crippen molar-refractivity contribution < 1.29 is 4.92 Å². The van der Waals surface area contributed by atoms with Crippen molar-refractivity contribution in [3.05, 3.63) is 34.4 Å². The van der Waals surface area contributed by atoms with Gasteiger partial charge in [-0.05, 0) is 12.1 Å². The van der Waals surface area contributed by atoms with E-state index in [1.165, 1.54) is 12.1 Å². The second kappa shape index (κ2) is 4.03. The first-order valence-electron chi connectivity index (χ1n) is 3.10. The van der Waals surface area contributed by atoms with Crippen LogP contribution in [0.3, 0.4) is 0 Å². The predicted molar refractivity (Wildman–Crippen MR) is 48.8 cm³/mol. The van der Waals surface area contributed by atoms with Crippen molar-refractivity contribution in [1.29, 1.82) is 0 Å². The van der Waals surface area contributed by atoms with Gasteiger partial charge in [0.15, 0.2) is 0 Å². The minimum atomic E-state index is -0.439. The van der Waals surface area contributed by atoms with Crippen molar-refractivity contribution in [2.75, 3.05) is 5.43 Å². The van der Waals surface area contributed by atoms with E-state index in [-0.39, 0.29) is 5.69 Å². The van der Waals surface area contributed by atoms with Gasteiger partial charge in [-0.25, -0.2) is 0 Å². The summed E-state index contributed by atoms with van der Waals surface area (Å²) in [7, 11) is 0. The zero-order valence-electron chi connectivity index (χ0n) is 5.95. The van der Waals surface area contributed by atoms with Gasteiger partial charge < -0.3 is 5.43 Å². The van der Waals surface area contributed by atoms with Crippen molar-refractivity contribution in [2.45, 2.75) is 0 Å². The smallest absolute Gasteiger partial charge is 0.269 e. The molecule has 0 radical (unpaired) electrons. The Bertz CT molecular complexity index is 275. The highest BCUT2D eigenvalue weighted by Gasteiger charge is 2.02. The molecule has 0 amide bonds. The molecule has 1 rings (SSSR count). The Hall–Kier alpha value is -1.14. The van der Waals surface area contributed by atoms with Gasteiger partial charge >= 0.3 is 0 Å². The van der Waals surface area contributed by atoms with E-state index in [0.717, 1.165) is 5.69 Å². The number of hydrazine groups is 1. The highest BCUT2D eigenvalue weighted by Crippen LogP contribution is 2.14. The largest absolute Gasteiger partial charge is 0.312 e. The summed E-state index contributed by atoms with van der Waals surface area (Å²) in [6, 6.07) is 6.05. The zero-order valence-corrected chi connectivity index (χ0v) is 7.54. The van der Waals surface area contributed by atoms with Gasteiger partial charge in [-0.3, -0.25) is 10.1 Å². The normalized spacial score (nSPS) is 9.42. The lowest BCUT2D eigenvalue weighted by atomic mass is 10.3. The number of hydrogen-bond acceptors (Lipinski definition) is 4. The minimum Gasteiger partial charge on any atom is -0.312 e. The van der Waals surface area contributed by atoms with Crippen molar-refractivity contribution >= 4 is 27.5 Å². The number of anilines is 1. The SMILES string of the molecule is O=[N+]([O-])c1ccc(NNBr)cc1. The number of halogens is 1. The molecule has 12 heavy (non-hydrogen) atoms. The molecule has 0 fully saturated rings. The first-order valence-corrected chi connectivity index (χ1v) is 3.89. The fourth-order valence-electron chi connectivity index (χ4n) is 0.721. The molecular weight excluding hydrogens is 226 g/mol. The lowest BCUT2D eigenvalue weighted by molar-refractivity contribution is -0.384. The molecule has 0 unspecified atom stereocenters. The lowest BCUT2D eigenvalue weighted by Crippen LogP contribution is -2.07. The van der Waals surface area contributed by atoms with Gasteiger partial charge in [-0.1, -0.05) is 0 Å². The molecule has 0 bridgehead atoms. The summed E-state index contributed by atoms with van der Waals surface area (Å²) < 4.78 is 2.53. The third kappa shape index (κ3) is 2.18. The standard InChI is InChI=1S/C6H6BrN3O2/c7-9-8-5-1-3-6(4-2-5)10(11)12/h1-4,8-9H. The Morgan fingerprint density at radius 3 is 2.33 bits per heavy atom. The van der Waals surface area contributed by atoms with E-state index in [0.29, 0.717) is 0 Å². The summed E-state index contributed by atoms with van der Waals surface area (Å²) in [4.78, 5) is 9.79. The van der Waals surface area contributed by atoms with E-state index in [2.05, 4.69) is 26.0 Å². The molecule has 0 saturated carbocycles. The molecule has 0 aromatic heterocycles. The second-order valence-electron chi connectivity index (χ2n) is 2.02. The molecular formula is C6H6BrN3O2. The van der Waals surface area contributed by atoms with Crippen LogP contribution in [0.15, 0.2) is 24.3 Å². The van der Waals surface area contributed by atoms with E-state index in [4.69, 9.17) is 0 Å². The van der Waals surface area contributed by atoms with Crippen LogP contribution in [0.1, 0.15) is 0 Å². The number of hydrogen-bond donors (Lipinski definition) is 2. The average molecular weight is 232 g/mol. The molecule has 0 heterocycles. The van der Waals surface area contributed by atoms with Gasteiger partial charge in [0.1, 0.15) is 0 Å². The molecule has 1 aromatic rings. The zero-order chi connectivity index (χ0) is 8.97. The van der Waals surface area contributed by atoms with Crippen molar-refractivity contribution in [1.82, 2.24) is 4.45 Å². The monoisotopic (exact) mass is 231 g/mol. The maximum atomic E-state index is 10.2. The summed E-state index contributed by atoms with van der Waals surface area (Å²) >= 11 is 2.94. The number of nitrogens with zero attached hydrogens (tertiary/aromatic N) is 1. The van der Waals surface area contributed by atoms with Crippen LogP contribution in [0, 0.1) is 10.1 Å². The number of non-ortho nitro benzene ring substituents is 1. The van der Waals surface area contributed by atoms with Crippen molar-refractivity contribution in [2.24, 2.45) is 0 Å². The topological polar surface area (TPSA) is 67.2 Å². The number of nitro benzene ring substituents is 1. The van der Waals surface area contributed by atoms with Gasteiger partial charge in [0.25, 0.3) is 5.69 Å². The summed E-state index contributed by atoms with van der Waals surface area (Å²) in [5.41, 5.74) is 3.54. The van der Waals surface area contributed by atoms with Crippen LogP contribution < -0.4 is 9.88 Å². The molecule has 0 aliphatic heterocycles. The first kappa shape index (κ1) is 8.95. The summed E-state index contributed by atoms with van der Waals surface area (Å²) in [6.45, 7) is 0. The summed E-state index contributed by atoms with van der Waals surface area (Å²) in [6.07, 6.45) is 0. The Morgan fingerprint density at radius 1 is 1.33 bits per heavy atom. The molecule has 0 aliphatic carbocycles. The van der Waals surface area contributed by atoms with Crippen LogP contribution in [-0.4, -0.2) is 4.92 Å². The van der Waals surface area contributed by atoms with Crippen LogP contribution in [0.5, 0.6) is 0 Å². The number of nitro groups is 1. The molecule has 0 spiro atoms. The van der Waals surface area contributed by atoms with Gasteiger partial charge in [0.05, 0.1) is 10.6 Å². The van der Waals surface area contributed by atoms with Gasteiger partial charge in [0.2, 0.25) is 0 Å². The maximum Gasteiger partial charge on any atom is 0.269 e. The number of rotatable bonds is 3. The number of nitrogens with one attached hydrogen (secondary N) is 2. The highest BCUT2D eigenvalue weighted by molar-refractivity contribution is 9.08. The van der Waals surface area contributed by atoms with Crippen LogP contribution >= 0.6 is 16.1 Å². The summed E-state index contributed by atoms with van der Waals surface area (Å²) in [5, 5.41) is 10.2. The Morgan fingerprint density at radius 2 is 1.92 bits per heavy atom. The highest BCUT2D eigenvalue weighted by atomic mass is 79.9. The molecule has 5 nitrogen and oxygen atoms in total. The minimum absolute atomic E-state index is 0.0788. The molecule has 1 aromatic carbocycles. The van der Waals surface area contributed by atoms with Crippen molar-refractivity contribution in [3.8, 4) is 0 Å². The molecule has 6 heteroatoms. The molecule has 64 valence electrons. The van der Waals surface area contributed by atoms with E-state index >= 15 is 0 Å². The van der Waals surface area contributed by atoms with Crippen LogP contribution in [0.4, 0.5) is 11.4 Å². The van der Waals surface area contributed by atoms with Crippen LogP contribution in [0.25, 0.3) is 0 Å². The molecule has 0 saturated heterocycles. The molecule has 2 N–H and O–H groups in total. The quantitative estimate of drug-likeness (QED) is 0.473. The average Bonchev–Trinajstić information content (AvgIpc) is 2.06. The Kier molecular flexibility index (Phi) is 3.01. The van der Waals surface area contributed by atoms with Gasteiger partial charge in [-0.15, -0.1) is 0 Å². The van der Waals surface area contributed by atoms with E-state index < -0.39 is 4.92 Å². The van der Waals surface area contributed by atoms with Gasteiger partial charge in [0, 0.05) is 28.3 Å². The summed E-state index contributed by atoms with van der Waals surface area (Å²) in [5.74, 6) is 0. The van der Waals surface area contributed by atoms with Gasteiger partial charge in [-0.2, -0.15) is 4.45 Å². The second-order valence-corrected chi connectivity index (χ2v) is 2.42. The van der Waals surface area contributed by atoms with Crippen molar-refractivity contribution in [3.63, 3.8) is 0 Å². The fraction of sp³-hybridized carbons (Fsp3) is 0. The third-order valence-electron chi connectivity index (χ3n) is 1.27. The Labute approximate surface area is 77.2 Å². The van der Waals surface area contributed by atoms with E-state index in [9.17, 15) is 10.1 Å². The lowest BCUT2D eigenvalue weighted by Gasteiger charge is -2.00. The van der Waals surface area contributed by atoms with Crippen LogP contribution in [-0.2, 0) is 0 Å².